The van der Waals surface area contributed by atoms with Crippen LogP contribution in [-0.4, -0.2) is 13.0 Å². The molecule has 1 fully saturated rings. The van der Waals surface area contributed by atoms with Gasteiger partial charge in [0.15, 0.2) is 0 Å². The number of methoxy groups -OCH3 is 1. The van der Waals surface area contributed by atoms with Crippen LogP contribution in [0, 0.1) is 13.8 Å². The fraction of sp³-hybridized carbons (Fsp3) is 0.316. The number of para-hydroxylation sites is 1. The van der Waals surface area contributed by atoms with E-state index >= 15 is 0 Å². The van der Waals surface area contributed by atoms with Crippen LogP contribution < -0.4 is 10.1 Å². The minimum atomic E-state index is -0.374. The number of amides is 1. The largest absolute Gasteiger partial charge is 0.497 e. The minimum Gasteiger partial charge on any atom is -0.497 e. The second-order valence-electron chi connectivity index (χ2n) is 6.03. The van der Waals surface area contributed by atoms with Crippen molar-refractivity contribution >= 4 is 11.6 Å². The molecule has 0 heterocycles. The Morgan fingerprint density at radius 2 is 1.64 bits per heavy atom. The van der Waals surface area contributed by atoms with E-state index in [2.05, 4.69) is 5.32 Å². The number of nitrogens with one attached hydrogen (secondary N) is 1. The maximum absolute atomic E-state index is 12.8. The number of hydrogen-bond donors (Lipinski definition) is 1. The topological polar surface area (TPSA) is 38.3 Å². The molecule has 1 amide bonds. The average Bonchev–Trinajstić information content (AvgIpc) is 3.33. The lowest BCUT2D eigenvalue weighted by molar-refractivity contribution is -0.118. The van der Waals surface area contributed by atoms with E-state index in [9.17, 15) is 4.79 Å². The summed E-state index contributed by atoms with van der Waals surface area (Å²) in [6, 6.07) is 13.9. The van der Waals surface area contributed by atoms with Crippen molar-refractivity contribution in [3.05, 3.63) is 59.2 Å². The summed E-state index contributed by atoms with van der Waals surface area (Å²) in [5, 5.41) is 3.14. The fourth-order valence-corrected chi connectivity index (χ4v) is 2.93. The Kier molecular flexibility index (Phi) is 3.65. The molecule has 0 bridgehead atoms. The SMILES string of the molecule is COc1ccc(C2(C(=O)Nc3c(C)cccc3C)CC2)cc1. The Labute approximate surface area is 131 Å². The van der Waals surface area contributed by atoms with E-state index in [0.29, 0.717) is 0 Å². The monoisotopic (exact) mass is 295 g/mol. The number of hydrogen-bond acceptors (Lipinski definition) is 2. The molecule has 3 heteroatoms. The van der Waals surface area contributed by atoms with Crippen molar-refractivity contribution in [3.63, 3.8) is 0 Å². The van der Waals surface area contributed by atoms with E-state index < -0.39 is 0 Å². The molecule has 0 spiro atoms. The maximum atomic E-state index is 12.8. The smallest absolute Gasteiger partial charge is 0.235 e. The molecule has 2 aromatic carbocycles. The lowest BCUT2D eigenvalue weighted by atomic mass is 9.94. The summed E-state index contributed by atoms with van der Waals surface area (Å²) in [6.45, 7) is 4.05. The van der Waals surface area contributed by atoms with Crippen molar-refractivity contribution in [1.82, 2.24) is 0 Å². The highest BCUT2D eigenvalue weighted by molar-refractivity contribution is 6.02. The summed E-state index contributed by atoms with van der Waals surface area (Å²) in [7, 11) is 1.65. The van der Waals surface area contributed by atoms with E-state index in [0.717, 1.165) is 41.0 Å². The summed E-state index contributed by atoms with van der Waals surface area (Å²) in [6.07, 6.45) is 1.80. The van der Waals surface area contributed by atoms with Gasteiger partial charge in [0.25, 0.3) is 0 Å². The quantitative estimate of drug-likeness (QED) is 0.926. The molecule has 0 atom stereocenters. The molecule has 2 aromatic rings. The maximum Gasteiger partial charge on any atom is 0.235 e. The van der Waals surface area contributed by atoms with Gasteiger partial charge in [0.2, 0.25) is 5.91 Å². The molecule has 0 saturated heterocycles. The summed E-state index contributed by atoms with van der Waals surface area (Å²) in [5.41, 5.74) is 3.82. The number of rotatable bonds is 4. The van der Waals surface area contributed by atoms with Crippen molar-refractivity contribution in [2.45, 2.75) is 32.1 Å². The average molecular weight is 295 g/mol. The minimum absolute atomic E-state index is 0.0927. The number of ether oxygens (including phenoxy) is 1. The lowest BCUT2D eigenvalue weighted by Crippen LogP contribution is -2.28. The predicted octanol–water partition coefficient (Wildman–Crippen LogP) is 3.98. The molecular weight excluding hydrogens is 274 g/mol. The van der Waals surface area contributed by atoms with Crippen LogP contribution in [0.1, 0.15) is 29.5 Å². The first-order valence-electron chi connectivity index (χ1n) is 7.59. The van der Waals surface area contributed by atoms with Crippen LogP contribution in [0.2, 0.25) is 0 Å². The Hall–Kier alpha value is -2.29. The normalized spacial score (nSPS) is 15.2. The van der Waals surface area contributed by atoms with Gasteiger partial charge in [-0.05, 0) is 55.5 Å². The van der Waals surface area contributed by atoms with Crippen LogP contribution in [0.15, 0.2) is 42.5 Å². The van der Waals surface area contributed by atoms with E-state index in [-0.39, 0.29) is 11.3 Å². The zero-order valence-electron chi connectivity index (χ0n) is 13.3. The van der Waals surface area contributed by atoms with Crippen molar-refractivity contribution in [2.75, 3.05) is 12.4 Å². The van der Waals surface area contributed by atoms with Gasteiger partial charge in [-0.1, -0.05) is 30.3 Å². The molecule has 1 saturated carbocycles. The van der Waals surface area contributed by atoms with E-state index in [1.54, 1.807) is 7.11 Å². The van der Waals surface area contributed by atoms with Gasteiger partial charge in [-0.2, -0.15) is 0 Å². The van der Waals surface area contributed by atoms with Gasteiger partial charge < -0.3 is 10.1 Å². The second-order valence-corrected chi connectivity index (χ2v) is 6.03. The summed E-state index contributed by atoms with van der Waals surface area (Å²) in [5.74, 6) is 0.907. The number of anilines is 1. The Morgan fingerprint density at radius 3 is 2.14 bits per heavy atom. The number of carbonyl (C=O) groups excluding carboxylic acids is 1. The molecule has 1 aliphatic rings. The van der Waals surface area contributed by atoms with Gasteiger partial charge in [-0.15, -0.1) is 0 Å². The zero-order valence-corrected chi connectivity index (χ0v) is 13.3. The lowest BCUT2D eigenvalue weighted by Gasteiger charge is -2.18. The third kappa shape index (κ3) is 2.47. The molecule has 0 unspecified atom stereocenters. The van der Waals surface area contributed by atoms with Gasteiger partial charge in [0, 0.05) is 5.69 Å². The van der Waals surface area contributed by atoms with Gasteiger partial charge in [-0.25, -0.2) is 0 Å². The van der Waals surface area contributed by atoms with Crippen LogP contribution in [0.25, 0.3) is 0 Å². The Bertz CT molecular complexity index is 680. The van der Waals surface area contributed by atoms with Crippen LogP contribution in [0.5, 0.6) is 5.75 Å². The Morgan fingerprint density at radius 1 is 1.05 bits per heavy atom. The van der Waals surface area contributed by atoms with Crippen LogP contribution in [0.3, 0.4) is 0 Å². The summed E-state index contributed by atoms with van der Waals surface area (Å²) < 4.78 is 5.19. The third-order valence-corrected chi connectivity index (χ3v) is 4.55. The van der Waals surface area contributed by atoms with E-state index in [1.807, 2.05) is 56.3 Å². The molecule has 1 N–H and O–H groups in total. The predicted molar refractivity (Wildman–Crippen MR) is 88.5 cm³/mol. The third-order valence-electron chi connectivity index (χ3n) is 4.55. The van der Waals surface area contributed by atoms with Gasteiger partial charge in [-0.3, -0.25) is 4.79 Å². The highest BCUT2D eigenvalue weighted by Gasteiger charge is 2.51. The van der Waals surface area contributed by atoms with Crippen molar-refractivity contribution < 1.29 is 9.53 Å². The molecule has 114 valence electrons. The molecule has 0 aromatic heterocycles. The van der Waals surface area contributed by atoms with Gasteiger partial charge in [0.05, 0.1) is 12.5 Å². The van der Waals surface area contributed by atoms with E-state index in [4.69, 9.17) is 4.74 Å². The molecule has 0 aliphatic heterocycles. The number of aryl methyl sites for hydroxylation is 2. The molecule has 3 nitrogen and oxygen atoms in total. The van der Waals surface area contributed by atoms with Crippen LogP contribution in [0.4, 0.5) is 5.69 Å². The van der Waals surface area contributed by atoms with Crippen LogP contribution in [-0.2, 0) is 10.2 Å². The standard InChI is InChI=1S/C19H21NO2/c1-13-5-4-6-14(2)17(13)20-18(21)19(11-12-19)15-7-9-16(22-3)10-8-15/h4-10H,11-12H2,1-3H3,(H,20,21). The molecule has 22 heavy (non-hydrogen) atoms. The first-order valence-corrected chi connectivity index (χ1v) is 7.59. The van der Waals surface area contributed by atoms with Crippen LogP contribution >= 0.6 is 0 Å². The first kappa shape index (κ1) is 14.6. The Balaban J connectivity index is 1.85. The molecule has 3 rings (SSSR count). The van der Waals surface area contributed by atoms with Crippen molar-refractivity contribution in [2.24, 2.45) is 0 Å². The first-order chi connectivity index (χ1) is 10.6. The summed E-state index contributed by atoms with van der Waals surface area (Å²) >= 11 is 0. The fourth-order valence-electron chi connectivity index (χ4n) is 2.93. The van der Waals surface area contributed by atoms with Crippen molar-refractivity contribution in [1.29, 1.82) is 0 Å². The number of carbonyl (C=O) groups is 1. The van der Waals surface area contributed by atoms with Gasteiger partial charge in [0.1, 0.15) is 5.75 Å². The molecular formula is C19H21NO2. The second kappa shape index (κ2) is 5.48. The van der Waals surface area contributed by atoms with E-state index in [1.165, 1.54) is 0 Å². The zero-order chi connectivity index (χ0) is 15.7. The van der Waals surface area contributed by atoms with Gasteiger partial charge >= 0.3 is 0 Å². The summed E-state index contributed by atoms with van der Waals surface area (Å²) in [4.78, 5) is 12.8. The highest BCUT2D eigenvalue weighted by Crippen LogP contribution is 2.49. The highest BCUT2D eigenvalue weighted by atomic mass is 16.5. The molecule has 0 radical (unpaired) electrons. The van der Waals surface area contributed by atoms with Crippen molar-refractivity contribution in [3.8, 4) is 5.75 Å². The molecule has 1 aliphatic carbocycles. The number of benzene rings is 2.